The van der Waals surface area contributed by atoms with Crippen LogP contribution in [0, 0.1) is 5.92 Å². The lowest BCUT2D eigenvalue weighted by atomic mass is 9.83. The molecular formula is C26H28N4O3. The zero-order valence-electron chi connectivity index (χ0n) is 18.6. The summed E-state index contributed by atoms with van der Waals surface area (Å²) in [6.07, 6.45) is 6.23. The summed E-state index contributed by atoms with van der Waals surface area (Å²) < 4.78 is 6.38. The standard InChI is InChI=1S/C26H28N4O3/c31-23-15-19(17-30(23)16-18-5-10-27-11-6-18)25(32)29-12-8-26(9-13-29)24-21(7-14-33-26)20-3-1-2-4-22(20)28-24/h1-6,10-11,19,28H,7-9,12-17H2. The molecule has 1 spiro atoms. The van der Waals surface area contributed by atoms with E-state index in [2.05, 4.69) is 34.2 Å². The van der Waals surface area contributed by atoms with Crippen LogP contribution in [-0.4, -0.2) is 57.8 Å². The highest BCUT2D eigenvalue weighted by Gasteiger charge is 2.45. The molecule has 3 aliphatic rings. The van der Waals surface area contributed by atoms with Gasteiger partial charge in [0, 0.05) is 55.9 Å². The molecule has 2 fully saturated rings. The molecule has 7 nitrogen and oxygen atoms in total. The average Bonchev–Trinajstić information content (AvgIpc) is 3.41. The number of H-pyrrole nitrogens is 1. The number of ether oxygens (including phenoxy) is 1. The number of piperidine rings is 1. The van der Waals surface area contributed by atoms with Crippen molar-refractivity contribution in [2.45, 2.75) is 37.8 Å². The van der Waals surface area contributed by atoms with Gasteiger partial charge in [-0.3, -0.25) is 14.6 Å². The first kappa shape index (κ1) is 20.4. The Bertz CT molecular complexity index is 1200. The van der Waals surface area contributed by atoms with Crippen molar-refractivity contribution in [1.82, 2.24) is 19.8 Å². The molecule has 0 bridgehead atoms. The minimum absolute atomic E-state index is 0.0528. The Labute approximate surface area is 192 Å². The maximum Gasteiger partial charge on any atom is 0.227 e. The van der Waals surface area contributed by atoms with E-state index in [1.54, 1.807) is 17.3 Å². The number of nitrogens with one attached hydrogen (secondary N) is 1. The maximum atomic E-state index is 13.3. The number of hydrogen-bond acceptors (Lipinski definition) is 4. The van der Waals surface area contributed by atoms with Crippen LogP contribution in [0.4, 0.5) is 0 Å². The zero-order valence-corrected chi connectivity index (χ0v) is 18.6. The molecule has 2 aromatic heterocycles. The summed E-state index contributed by atoms with van der Waals surface area (Å²) >= 11 is 0. The van der Waals surface area contributed by atoms with Crippen LogP contribution in [0.5, 0.6) is 0 Å². The minimum atomic E-state index is -0.345. The Hall–Kier alpha value is -3.19. The van der Waals surface area contributed by atoms with Crippen LogP contribution in [0.2, 0.25) is 0 Å². The molecule has 6 rings (SSSR count). The van der Waals surface area contributed by atoms with E-state index >= 15 is 0 Å². The third-order valence-corrected chi connectivity index (χ3v) is 7.57. The van der Waals surface area contributed by atoms with Gasteiger partial charge in [-0.25, -0.2) is 0 Å². The Balaban J connectivity index is 1.14. The highest BCUT2D eigenvalue weighted by atomic mass is 16.5. The Kier molecular flexibility index (Phi) is 4.94. The molecule has 5 heterocycles. The Morgan fingerprint density at radius 3 is 2.76 bits per heavy atom. The van der Waals surface area contributed by atoms with E-state index in [0.29, 0.717) is 39.2 Å². The van der Waals surface area contributed by atoms with Gasteiger partial charge >= 0.3 is 0 Å². The number of benzene rings is 1. The molecular weight excluding hydrogens is 416 g/mol. The van der Waals surface area contributed by atoms with Crippen LogP contribution in [0.3, 0.4) is 0 Å². The largest absolute Gasteiger partial charge is 0.368 e. The maximum absolute atomic E-state index is 13.3. The average molecular weight is 445 g/mol. The molecule has 3 aromatic rings. The van der Waals surface area contributed by atoms with Gasteiger partial charge in [-0.2, -0.15) is 0 Å². The fourth-order valence-corrected chi connectivity index (χ4v) is 5.81. The molecule has 1 unspecified atom stereocenters. The van der Waals surface area contributed by atoms with Gasteiger partial charge in [-0.1, -0.05) is 18.2 Å². The molecule has 1 atom stereocenters. The molecule has 1 aromatic carbocycles. The van der Waals surface area contributed by atoms with Crippen LogP contribution < -0.4 is 0 Å². The molecule has 2 saturated heterocycles. The van der Waals surface area contributed by atoms with E-state index in [0.717, 1.165) is 30.3 Å². The van der Waals surface area contributed by atoms with E-state index in [1.165, 1.54) is 16.6 Å². The van der Waals surface area contributed by atoms with Crippen LogP contribution in [0.15, 0.2) is 48.8 Å². The van der Waals surface area contributed by atoms with E-state index in [-0.39, 0.29) is 23.3 Å². The predicted molar refractivity (Wildman–Crippen MR) is 123 cm³/mol. The number of amides is 2. The van der Waals surface area contributed by atoms with Crippen molar-refractivity contribution in [2.24, 2.45) is 5.92 Å². The highest BCUT2D eigenvalue weighted by molar-refractivity contribution is 5.89. The van der Waals surface area contributed by atoms with E-state index < -0.39 is 0 Å². The van der Waals surface area contributed by atoms with Crippen molar-refractivity contribution < 1.29 is 14.3 Å². The lowest BCUT2D eigenvalue weighted by Crippen LogP contribution is -2.50. The van der Waals surface area contributed by atoms with Crippen LogP contribution in [0.25, 0.3) is 10.9 Å². The van der Waals surface area contributed by atoms with E-state index in [4.69, 9.17) is 4.74 Å². The third kappa shape index (κ3) is 3.51. The van der Waals surface area contributed by atoms with Crippen molar-refractivity contribution >= 4 is 22.7 Å². The Morgan fingerprint density at radius 1 is 1.15 bits per heavy atom. The summed E-state index contributed by atoms with van der Waals surface area (Å²) in [7, 11) is 0. The summed E-state index contributed by atoms with van der Waals surface area (Å²) in [5.74, 6) is -0.107. The van der Waals surface area contributed by atoms with E-state index in [9.17, 15) is 9.59 Å². The summed E-state index contributed by atoms with van der Waals surface area (Å²) in [6, 6.07) is 12.3. The number of fused-ring (bicyclic) bond motifs is 4. The highest BCUT2D eigenvalue weighted by Crippen LogP contribution is 2.43. The minimum Gasteiger partial charge on any atom is -0.368 e. The van der Waals surface area contributed by atoms with Gasteiger partial charge in [0.05, 0.1) is 18.2 Å². The number of nitrogens with zero attached hydrogens (tertiary/aromatic N) is 3. The van der Waals surface area contributed by atoms with Gasteiger partial charge in [0.1, 0.15) is 5.60 Å². The number of hydrogen-bond donors (Lipinski definition) is 1. The number of rotatable bonds is 3. The molecule has 170 valence electrons. The van der Waals surface area contributed by atoms with Gasteiger partial charge < -0.3 is 19.5 Å². The van der Waals surface area contributed by atoms with Crippen molar-refractivity contribution in [3.05, 3.63) is 65.6 Å². The number of para-hydroxylation sites is 1. The second-order valence-corrected chi connectivity index (χ2v) is 9.47. The van der Waals surface area contributed by atoms with Gasteiger partial charge in [0.25, 0.3) is 0 Å². The normalized spacial score (nSPS) is 22.2. The van der Waals surface area contributed by atoms with Crippen LogP contribution in [0.1, 0.15) is 36.1 Å². The number of aromatic amines is 1. The summed E-state index contributed by atoms with van der Waals surface area (Å²) in [5.41, 5.74) is 4.41. The van der Waals surface area contributed by atoms with Gasteiger partial charge in [-0.15, -0.1) is 0 Å². The first-order valence-electron chi connectivity index (χ1n) is 11.8. The van der Waals surface area contributed by atoms with Gasteiger partial charge in [0.15, 0.2) is 0 Å². The zero-order chi connectivity index (χ0) is 22.4. The number of carbonyl (C=O) groups is 2. The number of aromatic nitrogens is 2. The second-order valence-electron chi connectivity index (χ2n) is 9.47. The van der Waals surface area contributed by atoms with Gasteiger partial charge in [0.2, 0.25) is 11.8 Å². The third-order valence-electron chi connectivity index (χ3n) is 7.57. The first-order chi connectivity index (χ1) is 16.1. The van der Waals surface area contributed by atoms with Gasteiger partial charge in [-0.05, 0) is 48.6 Å². The first-order valence-corrected chi connectivity index (χ1v) is 11.8. The molecule has 0 saturated carbocycles. The number of pyridine rings is 1. The summed E-state index contributed by atoms with van der Waals surface area (Å²) in [5, 5.41) is 1.28. The molecule has 7 heteroatoms. The number of carbonyl (C=O) groups excluding carboxylic acids is 2. The Morgan fingerprint density at radius 2 is 1.94 bits per heavy atom. The molecule has 33 heavy (non-hydrogen) atoms. The molecule has 1 N–H and O–H groups in total. The smallest absolute Gasteiger partial charge is 0.227 e. The van der Waals surface area contributed by atoms with Crippen molar-refractivity contribution in [3.63, 3.8) is 0 Å². The summed E-state index contributed by atoms with van der Waals surface area (Å²) in [6.45, 7) is 3.05. The fourth-order valence-electron chi connectivity index (χ4n) is 5.81. The molecule has 0 radical (unpaired) electrons. The summed E-state index contributed by atoms with van der Waals surface area (Å²) in [4.78, 5) is 37.2. The predicted octanol–water partition coefficient (Wildman–Crippen LogP) is 3.00. The lowest BCUT2D eigenvalue weighted by molar-refractivity contribution is -0.145. The molecule has 0 aliphatic carbocycles. The fraction of sp³-hybridized carbons (Fsp3) is 0.423. The molecule has 2 amide bonds. The van der Waals surface area contributed by atoms with E-state index in [1.807, 2.05) is 17.0 Å². The second kappa shape index (κ2) is 7.99. The van der Waals surface area contributed by atoms with Crippen LogP contribution in [-0.2, 0) is 32.9 Å². The SMILES string of the molecule is O=C1CC(C(=O)N2CCC3(CC2)OCCc2c3[nH]c3ccccc23)CN1Cc1ccncc1. The number of likely N-dealkylation sites (tertiary alicyclic amines) is 2. The monoisotopic (exact) mass is 444 g/mol. The van der Waals surface area contributed by atoms with Crippen molar-refractivity contribution in [1.29, 1.82) is 0 Å². The quantitative estimate of drug-likeness (QED) is 0.674. The van der Waals surface area contributed by atoms with Crippen LogP contribution >= 0.6 is 0 Å². The lowest BCUT2D eigenvalue weighted by Gasteiger charge is -2.44. The molecule has 3 aliphatic heterocycles. The topological polar surface area (TPSA) is 78.5 Å². The van der Waals surface area contributed by atoms with Crippen molar-refractivity contribution in [3.8, 4) is 0 Å². The van der Waals surface area contributed by atoms with Crippen molar-refractivity contribution in [2.75, 3.05) is 26.2 Å².